The van der Waals surface area contributed by atoms with Gasteiger partial charge >= 0.3 is 0 Å². The summed E-state index contributed by atoms with van der Waals surface area (Å²) in [5.41, 5.74) is 0. The van der Waals surface area contributed by atoms with E-state index in [9.17, 15) is 4.79 Å². The zero-order chi connectivity index (χ0) is 8.69. The Morgan fingerprint density at radius 1 is 1.55 bits per heavy atom. The van der Waals surface area contributed by atoms with Gasteiger partial charge in [-0.1, -0.05) is 6.92 Å². The quantitative estimate of drug-likeness (QED) is 0.566. The van der Waals surface area contributed by atoms with Crippen LogP contribution >= 0.6 is 0 Å². The van der Waals surface area contributed by atoms with Gasteiger partial charge in [-0.15, -0.1) is 0 Å². The van der Waals surface area contributed by atoms with Crippen LogP contribution in [0, 0.1) is 0 Å². The van der Waals surface area contributed by atoms with E-state index in [1.807, 2.05) is 6.92 Å². The van der Waals surface area contributed by atoms with Crippen molar-refractivity contribution in [3.05, 3.63) is 0 Å². The molecular weight excluding hydrogens is 142 g/mol. The molecule has 0 saturated heterocycles. The van der Waals surface area contributed by atoms with Gasteiger partial charge in [0.2, 0.25) is 0 Å². The number of likely N-dealkylation sites (N-methyl/N-ethyl adjacent to an activating group) is 1. The molecule has 66 valence electrons. The summed E-state index contributed by atoms with van der Waals surface area (Å²) in [6.45, 7) is 6.63. The normalized spacial score (nSPS) is 10.5. The summed E-state index contributed by atoms with van der Waals surface area (Å²) >= 11 is 0. The molecule has 0 fully saturated rings. The van der Waals surface area contributed by atoms with Gasteiger partial charge in [-0.05, 0) is 13.5 Å². The first-order chi connectivity index (χ1) is 5.20. The average molecular weight is 159 g/mol. The van der Waals surface area contributed by atoms with Gasteiger partial charge in [0.1, 0.15) is 5.78 Å². The summed E-state index contributed by atoms with van der Waals surface area (Å²) in [6, 6.07) is 0. The van der Waals surface area contributed by atoms with Crippen molar-refractivity contribution in [3.8, 4) is 0 Å². The molecule has 0 aliphatic carbocycles. The molecule has 11 heavy (non-hydrogen) atoms. The highest BCUT2D eigenvalue weighted by Crippen LogP contribution is 1.87. The highest BCUT2D eigenvalue weighted by atomic mass is 16.5. The van der Waals surface area contributed by atoms with E-state index in [-0.39, 0.29) is 5.78 Å². The summed E-state index contributed by atoms with van der Waals surface area (Å²) < 4.78 is 4.90. The number of ketones is 1. The number of carbonyl (C=O) groups excluding carboxylic acids is 1. The number of rotatable bonds is 6. The average Bonchev–Trinajstić information content (AvgIpc) is 1.97. The molecule has 3 nitrogen and oxygen atoms in total. The summed E-state index contributed by atoms with van der Waals surface area (Å²) in [6.07, 6.45) is 0. The third-order valence-corrected chi connectivity index (χ3v) is 1.51. The lowest BCUT2D eigenvalue weighted by Gasteiger charge is -2.17. The van der Waals surface area contributed by atoms with Crippen molar-refractivity contribution in [3.63, 3.8) is 0 Å². The first-order valence-electron chi connectivity index (χ1n) is 3.91. The molecule has 0 radical (unpaired) electrons. The number of Topliss-reactive ketones (excluding diaryl/α,β-unsaturated/α-hetero) is 1. The monoisotopic (exact) mass is 159 g/mol. The van der Waals surface area contributed by atoms with E-state index in [0.717, 1.165) is 13.1 Å². The molecular formula is C8H17NO2. The number of hydrogen-bond acceptors (Lipinski definition) is 3. The molecule has 0 aromatic heterocycles. The molecule has 0 amide bonds. The molecule has 0 spiro atoms. The minimum absolute atomic E-state index is 0.211. The molecule has 0 heterocycles. The lowest BCUT2D eigenvalue weighted by atomic mass is 10.4. The Bertz CT molecular complexity index is 115. The van der Waals surface area contributed by atoms with Crippen molar-refractivity contribution < 1.29 is 9.53 Å². The van der Waals surface area contributed by atoms with Gasteiger partial charge in [0.05, 0.1) is 13.2 Å². The zero-order valence-electron chi connectivity index (χ0n) is 7.59. The van der Waals surface area contributed by atoms with Crippen LogP contribution < -0.4 is 0 Å². The Hall–Kier alpha value is -0.410. The van der Waals surface area contributed by atoms with E-state index >= 15 is 0 Å². The topological polar surface area (TPSA) is 29.5 Å². The van der Waals surface area contributed by atoms with E-state index in [1.54, 1.807) is 14.0 Å². The second kappa shape index (κ2) is 6.31. The van der Waals surface area contributed by atoms with Crippen molar-refractivity contribution in [1.29, 1.82) is 0 Å². The van der Waals surface area contributed by atoms with Crippen LogP contribution in [-0.4, -0.2) is 44.0 Å². The molecule has 3 heteroatoms. The predicted octanol–water partition coefficient (Wildman–Crippen LogP) is 0.544. The first-order valence-corrected chi connectivity index (χ1v) is 3.91. The van der Waals surface area contributed by atoms with Crippen LogP contribution in [0.3, 0.4) is 0 Å². The fourth-order valence-corrected chi connectivity index (χ4v) is 0.884. The molecule has 0 atom stereocenters. The Balaban J connectivity index is 3.49. The highest BCUT2D eigenvalue weighted by Gasteiger charge is 2.03. The second-order valence-corrected chi connectivity index (χ2v) is 2.56. The first kappa shape index (κ1) is 10.6. The SMILES string of the molecule is CCN(CCOC)CC(C)=O. The number of nitrogens with zero attached hydrogens (tertiary/aromatic N) is 1. The largest absolute Gasteiger partial charge is 0.383 e. The molecule has 0 aliphatic rings. The number of hydrogen-bond donors (Lipinski definition) is 0. The maximum atomic E-state index is 10.7. The van der Waals surface area contributed by atoms with Crippen LogP contribution in [0.2, 0.25) is 0 Å². The lowest BCUT2D eigenvalue weighted by Crippen LogP contribution is -2.31. The third kappa shape index (κ3) is 6.01. The molecule has 0 N–H and O–H groups in total. The fraction of sp³-hybridized carbons (Fsp3) is 0.875. The molecule has 0 aromatic carbocycles. The molecule has 0 aliphatic heterocycles. The lowest BCUT2D eigenvalue weighted by molar-refractivity contribution is -0.118. The van der Waals surface area contributed by atoms with Crippen molar-refractivity contribution in [2.24, 2.45) is 0 Å². The minimum atomic E-state index is 0.211. The van der Waals surface area contributed by atoms with Crippen molar-refractivity contribution in [1.82, 2.24) is 4.90 Å². The summed E-state index contributed by atoms with van der Waals surface area (Å²) in [5.74, 6) is 0.211. The van der Waals surface area contributed by atoms with E-state index in [4.69, 9.17) is 4.74 Å². The summed E-state index contributed by atoms with van der Waals surface area (Å²) in [5, 5.41) is 0. The summed E-state index contributed by atoms with van der Waals surface area (Å²) in [7, 11) is 1.67. The predicted molar refractivity (Wildman–Crippen MR) is 44.7 cm³/mol. The number of ether oxygens (including phenoxy) is 1. The van der Waals surface area contributed by atoms with Gasteiger partial charge < -0.3 is 4.74 Å². The Labute approximate surface area is 68.3 Å². The van der Waals surface area contributed by atoms with Gasteiger partial charge in [-0.25, -0.2) is 0 Å². The number of carbonyl (C=O) groups is 1. The van der Waals surface area contributed by atoms with Gasteiger partial charge in [-0.2, -0.15) is 0 Å². The molecule has 0 saturated carbocycles. The van der Waals surface area contributed by atoms with Crippen LogP contribution in [0.15, 0.2) is 0 Å². The van der Waals surface area contributed by atoms with Gasteiger partial charge in [0, 0.05) is 13.7 Å². The van der Waals surface area contributed by atoms with Crippen LogP contribution in [0.4, 0.5) is 0 Å². The van der Waals surface area contributed by atoms with Crippen LogP contribution in [0.1, 0.15) is 13.8 Å². The highest BCUT2D eigenvalue weighted by molar-refractivity contribution is 5.77. The van der Waals surface area contributed by atoms with Crippen LogP contribution in [0.5, 0.6) is 0 Å². The van der Waals surface area contributed by atoms with Gasteiger partial charge in [0.15, 0.2) is 0 Å². The molecule has 0 unspecified atom stereocenters. The van der Waals surface area contributed by atoms with Crippen LogP contribution in [-0.2, 0) is 9.53 Å². The minimum Gasteiger partial charge on any atom is -0.383 e. The maximum Gasteiger partial charge on any atom is 0.143 e. The molecule has 0 rings (SSSR count). The molecule has 0 bridgehead atoms. The van der Waals surface area contributed by atoms with Crippen molar-refractivity contribution in [2.75, 3.05) is 33.4 Å². The number of methoxy groups -OCH3 is 1. The van der Waals surface area contributed by atoms with E-state index in [0.29, 0.717) is 13.2 Å². The Kier molecular flexibility index (Phi) is 6.07. The van der Waals surface area contributed by atoms with Crippen molar-refractivity contribution >= 4 is 5.78 Å². The second-order valence-electron chi connectivity index (χ2n) is 2.56. The van der Waals surface area contributed by atoms with Crippen molar-refractivity contribution in [2.45, 2.75) is 13.8 Å². The third-order valence-electron chi connectivity index (χ3n) is 1.51. The summed E-state index contributed by atoms with van der Waals surface area (Å²) in [4.78, 5) is 12.8. The van der Waals surface area contributed by atoms with E-state index in [2.05, 4.69) is 4.90 Å². The van der Waals surface area contributed by atoms with E-state index in [1.165, 1.54) is 0 Å². The smallest absolute Gasteiger partial charge is 0.143 e. The van der Waals surface area contributed by atoms with E-state index < -0.39 is 0 Å². The fourth-order valence-electron chi connectivity index (χ4n) is 0.884. The maximum absolute atomic E-state index is 10.7. The Morgan fingerprint density at radius 2 is 2.18 bits per heavy atom. The van der Waals surface area contributed by atoms with Gasteiger partial charge in [0.25, 0.3) is 0 Å². The standard InChI is InChI=1S/C8H17NO2/c1-4-9(5-6-11-3)7-8(2)10/h4-7H2,1-3H3. The van der Waals surface area contributed by atoms with Crippen LogP contribution in [0.25, 0.3) is 0 Å². The zero-order valence-corrected chi connectivity index (χ0v) is 7.59. The molecule has 0 aromatic rings. The Morgan fingerprint density at radius 3 is 2.55 bits per heavy atom. The van der Waals surface area contributed by atoms with Gasteiger partial charge in [-0.3, -0.25) is 9.69 Å².